The number of aromatic nitrogens is 1. The number of nitrogens with two attached hydrogens (primary N) is 2. The lowest BCUT2D eigenvalue weighted by Crippen LogP contribution is -2.31. The minimum atomic E-state index is -0.0550. The first-order valence-electron chi connectivity index (χ1n) is 6.52. The zero-order valence-corrected chi connectivity index (χ0v) is 12.2. The smallest absolute Gasteiger partial charge is 0.267 e. The minimum absolute atomic E-state index is 0.0550. The predicted octanol–water partition coefficient (Wildman–Crippen LogP) is 0.966. The Bertz CT molecular complexity index is 459. The van der Waals surface area contributed by atoms with Crippen LogP contribution in [0.25, 0.3) is 0 Å². The largest absolute Gasteiger partial charge is 0.382 e. The lowest BCUT2D eigenvalue weighted by Gasteiger charge is -2.14. The Morgan fingerprint density at radius 3 is 2.95 bits per heavy atom. The molecule has 0 spiro atoms. The van der Waals surface area contributed by atoms with Crippen LogP contribution in [0.3, 0.4) is 0 Å². The van der Waals surface area contributed by atoms with Crippen LogP contribution in [0, 0.1) is 5.92 Å². The highest BCUT2D eigenvalue weighted by molar-refractivity contribution is 7.18. The van der Waals surface area contributed by atoms with Gasteiger partial charge in [-0.1, -0.05) is 25.2 Å². The van der Waals surface area contributed by atoms with Crippen LogP contribution in [0.4, 0.5) is 10.9 Å². The van der Waals surface area contributed by atoms with Crippen LogP contribution in [-0.2, 0) is 0 Å². The van der Waals surface area contributed by atoms with Gasteiger partial charge in [0.25, 0.3) is 5.91 Å². The van der Waals surface area contributed by atoms with Gasteiger partial charge in [0, 0.05) is 25.7 Å². The molecule has 1 aromatic heterocycles. The topological polar surface area (TPSA) is 97.3 Å². The molecule has 2 heterocycles. The van der Waals surface area contributed by atoms with Crippen molar-refractivity contribution >= 4 is 28.2 Å². The summed E-state index contributed by atoms with van der Waals surface area (Å²) in [5, 5.41) is 3.90. The first-order chi connectivity index (χ1) is 8.97. The van der Waals surface area contributed by atoms with E-state index in [9.17, 15) is 4.79 Å². The molecule has 7 heteroatoms. The molecule has 0 bridgehead atoms. The third-order valence-electron chi connectivity index (χ3n) is 3.02. The van der Waals surface area contributed by atoms with Crippen molar-refractivity contribution in [2.75, 3.05) is 30.7 Å². The van der Waals surface area contributed by atoms with E-state index in [1.54, 1.807) is 4.90 Å². The van der Waals surface area contributed by atoms with Crippen molar-refractivity contribution in [1.82, 2.24) is 9.88 Å². The monoisotopic (exact) mass is 283 g/mol. The van der Waals surface area contributed by atoms with Crippen LogP contribution < -0.4 is 16.8 Å². The Kier molecular flexibility index (Phi) is 4.26. The summed E-state index contributed by atoms with van der Waals surface area (Å²) < 4.78 is 0. The van der Waals surface area contributed by atoms with Crippen molar-refractivity contribution in [1.29, 1.82) is 0 Å². The van der Waals surface area contributed by atoms with Gasteiger partial charge in [-0.15, -0.1) is 0 Å². The van der Waals surface area contributed by atoms with Crippen LogP contribution in [-0.4, -0.2) is 41.5 Å². The van der Waals surface area contributed by atoms with E-state index in [0.717, 1.165) is 13.0 Å². The lowest BCUT2D eigenvalue weighted by atomic mass is 10.2. The third-order valence-corrected chi connectivity index (χ3v) is 4.04. The molecule has 1 aliphatic rings. The Labute approximate surface area is 117 Å². The van der Waals surface area contributed by atoms with Crippen molar-refractivity contribution in [2.45, 2.75) is 26.3 Å². The number of hydrogen-bond acceptors (Lipinski definition) is 6. The molecule has 1 amide bonds. The zero-order chi connectivity index (χ0) is 14.0. The molecule has 1 saturated heterocycles. The minimum Gasteiger partial charge on any atom is -0.382 e. The normalized spacial score (nSPS) is 19.2. The molecule has 0 saturated carbocycles. The van der Waals surface area contributed by atoms with Crippen LogP contribution in [0.2, 0.25) is 0 Å². The number of nitrogen functional groups attached to an aromatic ring is 1. The fourth-order valence-electron chi connectivity index (χ4n) is 1.97. The number of anilines is 2. The van der Waals surface area contributed by atoms with Crippen LogP contribution in [0.1, 0.15) is 29.9 Å². The molecule has 1 aromatic rings. The second kappa shape index (κ2) is 5.75. The van der Waals surface area contributed by atoms with Gasteiger partial charge in [0.1, 0.15) is 10.7 Å². The number of amides is 1. The number of rotatable bonds is 4. The second-order valence-electron chi connectivity index (χ2n) is 5.31. The van der Waals surface area contributed by atoms with E-state index >= 15 is 0 Å². The van der Waals surface area contributed by atoms with E-state index < -0.39 is 0 Å². The second-order valence-corrected chi connectivity index (χ2v) is 6.31. The summed E-state index contributed by atoms with van der Waals surface area (Å²) >= 11 is 1.32. The number of hydrogen-bond donors (Lipinski definition) is 3. The molecule has 0 aromatic carbocycles. The van der Waals surface area contributed by atoms with Gasteiger partial charge in [0.15, 0.2) is 5.13 Å². The molecule has 2 rings (SSSR count). The van der Waals surface area contributed by atoms with E-state index in [4.69, 9.17) is 11.5 Å². The average Bonchev–Trinajstić information content (AvgIpc) is 2.92. The van der Waals surface area contributed by atoms with Gasteiger partial charge in [-0.05, 0) is 12.3 Å². The molecule has 0 aliphatic carbocycles. The van der Waals surface area contributed by atoms with E-state index in [1.807, 2.05) is 0 Å². The first kappa shape index (κ1) is 14.1. The molecule has 1 atom stereocenters. The fourth-order valence-corrected chi connectivity index (χ4v) is 2.83. The molecule has 1 fully saturated rings. The third kappa shape index (κ3) is 3.36. The van der Waals surface area contributed by atoms with E-state index in [0.29, 0.717) is 34.8 Å². The first-order valence-corrected chi connectivity index (χ1v) is 7.34. The standard InChI is InChI=1S/C12H21N5OS/c1-7(2)5-15-12-16-10(14)9(19-12)11(18)17-4-3-8(13)6-17/h7-8H,3-6,13-14H2,1-2H3,(H,15,16). The Morgan fingerprint density at radius 2 is 2.37 bits per heavy atom. The molecule has 106 valence electrons. The van der Waals surface area contributed by atoms with Crippen molar-refractivity contribution in [2.24, 2.45) is 11.7 Å². The molecule has 6 nitrogen and oxygen atoms in total. The summed E-state index contributed by atoms with van der Waals surface area (Å²) in [6.07, 6.45) is 0.850. The lowest BCUT2D eigenvalue weighted by molar-refractivity contribution is 0.0796. The van der Waals surface area contributed by atoms with Crippen LogP contribution >= 0.6 is 11.3 Å². The number of carbonyl (C=O) groups excluding carboxylic acids is 1. The summed E-state index contributed by atoms with van der Waals surface area (Å²) in [4.78, 5) is 18.8. The molecule has 19 heavy (non-hydrogen) atoms. The van der Waals surface area contributed by atoms with Crippen molar-refractivity contribution in [3.8, 4) is 0 Å². The van der Waals surface area contributed by atoms with Gasteiger partial charge >= 0.3 is 0 Å². The summed E-state index contributed by atoms with van der Waals surface area (Å²) in [6.45, 7) is 6.34. The van der Waals surface area contributed by atoms with Gasteiger partial charge in [-0.2, -0.15) is 0 Å². The molecule has 5 N–H and O–H groups in total. The highest BCUT2D eigenvalue weighted by Crippen LogP contribution is 2.27. The highest BCUT2D eigenvalue weighted by atomic mass is 32.1. The van der Waals surface area contributed by atoms with Crippen LogP contribution in [0.5, 0.6) is 0 Å². The van der Waals surface area contributed by atoms with E-state index in [-0.39, 0.29) is 11.9 Å². The zero-order valence-electron chi connectivity index (χ0n) is 11.3. The van der Waals surface area contributed by atoms with Crippen LogP contribution in [0.15, 0.2) is 0 Å². The number of likely N-dealkylation sites (tertiary alicyclic amines) is 1. The summed E-state index contributed by atoms with van der Waals surface area (Å²) in [5.74, 6) is 0.767. The van der Waals surface area contributed by atoms with Crippen molar-refractivity contribution in [3.63, 3.8) is 0 Å². The number of carbonyl (C=O) groups is 1. The maximum atomic E-state index is 12.3. The Balaban J connectivity index is 2.05. The van der Waals surface area contributed by atoms with Crippen molar-refractivity contribution in [3.05, 3.63) is 4.88 Å². The molecule has 1 unspecified atom stereocenters. The maximum Gasteiger partial charge on any atom is 0.267 e. The highest BCUT2D eigenvalue weighted by Gasteiger charge is 2.27. The number of nitrogens with zero attached hydrogens (tertiary/aromatic N) is 2. The van der Waals surface area contributed by atoms with E-state index in [1.165, 1.54) is 11.3 Å². The Morgan fingerprint density at radius 1 is 1.63 bits per heavy atom. The summed E-state index contributed by atoms with van der Waals surface area (Å²) in [6, 6.07) is 0.0802. The van der Waals surface area contributed by atoms with Gasteiger partial charge in [0.2, 0.25) is 0 Å². The quantitative estimate of drug-likeness (QED) is 0.765. The van der Waals surface area contributed by atoms with Gasteiger partial charge in [0.05, 0.1) is 0 Å². The van der Waals surface area contributed by atoms with Gasteiger partial charge < -0.3 is 21.7 Å². The van der Waals surface area contributed by atoms with Crippen molar-refractivity contribution < 1.29 is 4.79 Å². The fraction of sp³-hybridized carbons (Fsp3) is 0.667. The molecular formula is C12H21N5OS. The predicted molar refractivity (Wildman–Crippen MR) is 78.4 cm³/mol. The maximum absolute atomic E-state index is 12.3. The SMILES string of the molecule is CC(C)CNc1nc(N)c(C(=O)N2CCC(N)C2)s1. The number of thiazole rings is 1. The summed E-state index contributed by atoms with van der Waals surface area (Å²) in [7, 11) is 0. The molecule has 0 radical (unpaired) electrons. The average molecular weight is 283 g/mol. The van der Waals surface area contributed by atoms with Gasteiger partial charge in [-0.25, -0.2) is 4.98 Å². The molecule has 1 aliphatic heterocycles. The number of nitrogens with one attached hydrogen (secondary N) is 1. The van der Waals surface area contributed by atoms with Gasteiger partial charge in [-0.3, -0.25) is 4.79 Å². The molecular weight excluding hydrogens is 262 g/mol. The van der Waals surface area contributed by atoms with E-state index in [2.05, 4.69) is 24.1 Å². The Hall–Kier alpha value is -1.34. The summed E-state index contributed by atoms with van der Waals surface area (Å²) in [5.41, 5.74) is 11.6.